The van der Waals surface area contributed by atoms with Gasteiger partial charge in [-0.3, -0.25) is 4.79 Å². The van der Waals surface area contributed by atoms with Gasteiger partial charge in [-0.25, -0.2) is 9.37 Å². The first kappa shape index (κ1) is 15.6. The van der Waals surface area contributed by atoms with Gasteiger partial charge in [-0.2, -0.15) is 4.99 Å². The third kappa shape index (κ3) is 2.95. The summed E-state index contributed by atoms with van der Waals surface area (Å²) in [6, 6.07) is 4.83. The number of rotatable bonds is 4. The van der Waals surface area contributed by atoms with E-state index < -0.39 is 5.91 Å². The number of carbonyl (C=O) groups is 1. The molecule has 0 fully saturated rings. The fourth-order valence-electron chi connectivity index (χ4n) is 2.27. The second kappa shape index (κ2) is 6.43. The fraction of sp³-hybridized carbons (Fsp3) is 0.267. The molecule has 0 aliphatic heterocycles. The minimum atomic E-state index is -0.462. The smallest absolute Gasteiger partial charge is 0.315 e. The van der Waals surface area contributed by atoms with E-state index in [0.29, 0.717) is 23.5 Å². The van der Waals surface area contributed by atoms with E-state index in [2.05, 4.69) is 9.98 Å². The number of hydrogen-bond donors (Lipinski definition) is 0. The molecular weight excluding hydrogens is 319 g/mol. The highest BCUT2D eigenvalue weighted by atomic mass is 32.1. The zero-order valence-corrected chi connectivity index (χ0v) is 13.5. The topological polar surface area (TPSA) is 61.4 Å². The van der Waals surface area contributed by atoms with Crippen molar-refractivity contribution < 1.29 is 13.9 Å². The fourth-order valence-corrected chi connectivity index (χ4v) is 3.34. The van der Waals surface area contributed by atoms with E-state index in [-0.39, 0.29) is 11.6 Å². The maximum Gasteiger partial charge on any atom is 0.315 e. The summed E-state index contributed by atoms with van der Waals surface area (Å²) >= 11 is 1.26. The van der Waals surface area contributed by atoms with Crippen molar-refractivity contribution in [2.24, 2.45) is 12.0 Å². The number of methoxy groups -OCH3 is 1. The summed E-state index contributed by atoms with van der Waals surface area (Å²) in [7, 11) is 3.29. The molecule has 6 nitrogen and oxygen atoms in total. The van der Waals surface area contributed by atoms with Crippen LogP contribution in [0.3, 0.4) is 0 Å². The van der Waals surface area contributed by atoms with Crippen molar-refractivity contribution in [1.82, 2.24) is 14.1 Å². The van der Waals surface area contributed by atoms with E-state index >= 15 is 0 Å². The molecule has 0 saturated heterocycles. The summed E-state index contributed by atoms with van der Waals surface area (Å²) in [4.78, 5) is 20.9. The second-order valence-corrected chi connectivity index (χ2v) is 5.90. The first-order chi connectivity index (χ1) is 11.1. The lowest BCUT2D eigenvalue weighted by molar-refractivity contribution is 0.0984. The lowest BCUT2D eigenvalue weighted by atomic mass is 10.3. The first-order valence-electron chi connectivity index (χ1n) is 6.95. The second-order valence-electron chi connectivity index (χ2n) is 4.89. The van der Waals surface area contributed by atoms with Gasteiger partial charge < -0.3 is 13.9 Å². The summed E-state index contributed by atoms with van der Waals surface area (Å²) in [6.07, 6.45) is 3.21. The highest BCUT2D eigenvalue weighted by molar-refractivity contribution is 7.16. The van der Waals surface area contributed by atoms with Crippen LogP contribution >= 0.6 is 11.3 Å². The van der Waals surface area contributed by atoms with Crippen molar-refractivity contribution >= 4 is 27.5 Å². The summed E-state index contributed by atoms with van der Waals surface area (Å²) in [6.45, 7) is 0.800. The Morgan fingerprint density at radius 2 is 2.30 bits per heavy atom. The Morgan fingerprint density at radius 1 is 1.48 bits per heavy atom. The lowest BCUT2D eigenvalue weighted by Crippen LogP contribution is -2.20. The summed E-state index contributed by atoms with van der Waals surface area (Å²) in [5, 5.41) is 0. The molecule has 8 heteroatoms. The highest BCUT2D eigenvalue weighted by Crippen LogP contribution is 2.20. The van der Waals surface area contributed by atoms with Crippen molar-refractivity contribution in [1.29, 1.82) is 0 Å². The predicted molar refractivity (Wildman–Crippen MR) is 84.8 cm³/mol. The number of thiazole rings is 1. The van der Waals surface area contributed by atoms with Crippen LogP contribution in [0.5, 0.6) is 0 Å². The van der Waals surface area contributed by atoms with Crippen LogP contribution in [0.1, 0.15) is 10.6 Å². The van der Waals surface area contributed by atoms with E-state index in [1.165, 1.54) is 23.6 Å². The molecule has 0 bridgehead atoms. The number of amides is 1. The summed E-state index contributed by atoms with van der Waals surface area (Å²) in [5.41, 5.74) is 0.431. The van der Waals surface area contributed by atoms with Crippen LogP contribution < -0.4 is 4.80 Å². The first-order valence-corrected chi connectivity index (χ1v) is 7.76. The molecule has 2 aromatic heterocycles. The Kier molecular flexibility index (Phi) is 4.35. The molecule has 0 atom stereocenters. The molecule has 1 aromatic carbocycles. The molecule has 3 aromatic rings. The minimum absolute atomic E-state index is 0.237. The molecule has 0 radical (unpaired) electrons. The number of para-hydroxylation sites is 1. The molecule has 0 aliphatic rings. The monoisotopic (exact) mass is 334 g/mol. The van der Waals surface area contributed by atoms with Crippen molar-refractivity contribution in [3.8, 4) is 0 Å². The van der Waals surface area contributed by atoms with Gasteiger partial charge in [-0.1, -0.05) is 17.4 Å². The molecule has 0 spiro atoms. The number of benzene rings is 1. The Morgan fingerprint density at radius 3 is 3.00 bits per heavy atom. The van der Waals surface area contributed by atoms with Crippen LogP contribution in [0.25, 0.3) is 10.2 Å². The van der Waals surface area contributed by atoms with Gasteiger partial charge in [0.2, 0.25) is 5.82 Å². The number of halogens is 1. The number of nitrogens with zero attached hydrogens (tertiary/aromatic N) is 4. The normalized spacial score (nSPS) is 12.2. The maximum absolute atomic E-state index is 14.2. The average Bonchev–Trinajstić information content (AvgIpc) is 3.09. The van der Waals surface area contributed by atoms with Gasteiger partial charge in [0.25, 0.3) is 0 Å². The van der Waals surface area contributed by atoms with Gasteiger partial charge in [0, 0.05) is 33.1 Å². The molecule has 23 heavy (non-hydrogen) atoms. The maximum atomic E-state index is 14.2. The van der Waals surface area contributed by atoms with E-state index in [4.69, 9.17) is 4.74 Å². The molecule has 2 heterocycles. The van der Waals surface area contributed by atoms with Crippen LogP contribution in [0, 0.1) is 5.82 Å². The van der Waals surface area contributed by atoms with Crippen LogP contribution in [-0.4, -0.2) is 33.7 Å². The molecule has 0 saturated carbocycles. The third-order valence-electron chi connectivity index (χ3n) is 3.38. The molecule has 0 unspecified atom stereocenters. The molecular formula is C15H15FN4O2S. The molecule has 1 amide bonds. The molecule has 0 N–H and O–H groups in total. The Balaban J connectivity index is 2.16. The van der Waals surface area contributed by atoms with Crippen molar-refractivity contribution in [2.45, 2.75) is 6.54 Å². The van der Waals surface area contributed by atoms with Gasteiger partial charge in [-0.15, -0.1) is 0 Å². The van der Waals surface area contributed by atoms with E-state index in [1.54, 1.807) is 41.6 Å². The molecule has 0 aliphatic carbocycles. The minimum Gasteiger partial charge on any atom is -0.383 e. The van der Waals surface area contributed by atoms with E-state index in [9.17, 15) is 9.18 Å². The van der Waals surface area contributed by atoms with E-state index in [1.807, 2.05) is 0 Å². The van der Waals surface area contributed by atoms with Crippen LogP contribution in [0.4, 0.5) is 4.39 Å². The largest absolute Gasteiger partial charge is 0.383 e. The molecule has 3 rings (SSSR count). The Hall–Kier alpha value is -2.32. The zero-order chi connectivity index (χ0) is 16.4. The van der Waals surface area contributed by atoms with Crippen LogP contribution in [0.2, 0.25) is 0 Å². The molecule has 120 valence electrons. The number of carbonyl (C=O) groups excluding carboxylic acids is 1. The van der Waals surface area contributed by atoms with Gasteiger partial charge in [0.1, 0.15) is 5.82 Å². The summed E-state index contributed by atoms with van der Waals surface area (Å²) in [5.74, 6) is -0.572. The van der Waals surface area contributed by atoms with E-state index in [0.717, 1.165) is 4.70 Å². The van der Waals surface area contributed by atoms with Gasteiger partial charge >= 0.3 is 5.91 Å². The number of aromatic nitrogens is 3. The number of fused-ring (bicyclic) bond motifs is 1. The number of aryl methyl sites for hydroxylation is 1. The van der Waals surface area contributed by atoms with Crippen molar-refractivity contribution in [3.05, 3.63) is 47.0 Å². The van der Waals surface area contributed by atoms with Gasteiger partial charge in [0.05, 0.1) is 16.8 Å². The Labute approximate surface area is 135 Å². The number of ether oxygens (including phenoxy) is 1. The zero-order valence-electron chi connectivity index (χ0n) is 12.7. The number of hydrogen-bond acceptors (Lipinski definition) is 4. The number of imidazole rings is 1. The van der Waals surface area contributed by atoms with Gasteiger partial charge in [0.15, 0.2) is 4.80 Å². The van der Waals surface area contributed by atoms with Crippen LogP contribution in [-0.2, 0) is 18.3 Å². The lowest BCUT2D eigenvalue weighted by Gasteiger charge is -2.04. The third-order valence-corrected chi connectivity index (χ3v) is 4.42. The van der Waals surface area contributed by atoms with Crippen molar-refractivity contribution in [2.75, 3.05) is 13.7 Å². The standard InChI is InChI=1S/C15H15FN4O2S/c1-19-7-6-17-13(19)14(21)18-15-20(8-9-22-2)12-10(16)4-3-5-11(12)23-15/h3-7H,8-9H2,1-2H3. The average molecular weight is 334 g/mol. The highest BCUT2D eigenvalue weighted by Gasteiger charge is 2.14. The predicted octanol–water partition coefficient (Wildman–Crippen LogP) is 1.96. The SMILES string of the molecule is COCCn1c(=NC(=O)c2nccn2C)sc2cccc(F)c21. The Bertz CT molecular complexity index is 925. The quantitative estimate of drug-likeness (QED) is 0.733. The van der Waals surface area contributed by atoms with Crippen LogP contribution in [0.15, 0.2) is 35.6 Å². The summed E-state index contributed by atoms with van der Waals surface area (Å²) < 4.78 is 23.2. The van der Waals surface area contributed by atoms with Gasteiger partial charge in [-0.05, 0) is 12.1 Å². The van der Waals surface area contributed by atoms with Crippen molar-refractivity contribution in [3.63, 3.8) is 0 Å².